The number of furan rings is 1. The second-order valence-electron chi connectivity index (χ2n) is 4.90. The fourth-order valence-electron chi connectivity index (χ4n) is 2.38. The number of rotatable bonds is 6. The van der Waals surface area contributed by atoms with Crippen LogP contribution in [0.3, 0.4) is 0 Å². The van der Waals surface area contributed by atoms with Crippen molar-refractivity contribution >= 4 is 5.91 Å². The summed E-state index contributed by atoms with van der Waals surface area (Å²) in [4.78, 5) is 11.6. The van der Waals surface area contributed by atoms with Gasteiger partial charge >= 0.3 is 0 Å². The molecule has 0 aromatic carbocycles. The SMILES string of the molecule is O=C(CCNC1CCCCC1)NCc1ccco1. The Bertz CT molecular complexity index is 343. The summed E-state index contributed by atoms with van der Waals surface area (Å²) in [5.41, 5.74) is 0. The van der Waals surface area contributed by atoms with Gasteiger partial charge in [0, 0.05) is 19.0 Å². The summed E-state index contributed by atoms with van der Waals surface area (Å²) in [6.07, 6.45) is 8.68. The monoisotopic (exact) mass is 250 g/mol. The smallest absolute Gasteiger partial charge is 0.221 e. The standard InChI is InChI=1S/C14H22N2O2/c17-14(16-11-13-7-4-10-18-13)8-9-15-12-5-2-1-3-6-12/h4,7,10,12,15H,1-3,5-6,8-9,11H2,(H,16,17). The third-order valence-corrected chi connectivity index (χ3v) is 3.43. The van der Waals surface area contributed by atoms with Crippen molar-refractivity contribution in [3.8, 4) is 0 Å². The van der Waals surface area contributed by atoms with Crippen LogP contribution in [0, 0.1) is 0 Å². The van der Waals surface area contributed by atoms with Gasteiger partial charge in [0.05, 0.1) is 12.8 Å². The molecule has 2 N–H and O–H groups in total. The molecule has 100 valence electrons. The normalized spacial score (nSPS) is 16.7. The van der Waals surface area contributed by atoms with Crippen LogP contribution in [0.2, 0.25) is 0 Å². The van der Waals surface area contributed by atoms with Crippen LogP contribution in [0.15, 0.2) is 22.8 Å². The van der Waals surface area contributed by atoms with Gasteiger partial charge in [-0.05, 0) is 25.0 Å². The van der Waals surface area contributed by atoms with Crippen LogP contribution in [-0.4, -0.2) is 18.5 Å². The van der Waals surface area contributed by atoms with Crippen LogP contribution in [-0.2, 0) is 11.3 Å². The van der Waals surface area contributed by atoms with Crippen molar-refractivity contribution < 1.29 is 9.21 Å². The Morgan fingerprint density at radius 3 is 2.89 bits per heavy atom. The molecule has 1 saturated carbocycles. The van der Waals surface area contributed by atoms with Crippen molar-refractivity contribution in [2.75, 3.05) is 6.54 Å². The minimum Gasteiger partial charge on any atom is -0.467 e. The molecule has 2 rings (SSSR count). The van der Waals surface area contributed by atoms with E-state index in [2.05, 4.69) is 10.6 Å². The van der Waals surface area contributed by atoms with E-state index in [0.29, 0.717) is 19.0 Å². The molecule has 1 fully saturated rings. The summed E-state index contributed by atoms with van der Waals surface area (Å²) >= 11 is 0. The first kappa shape index (κ1) is 13.1. The van der Waals surface area contributed by atoms with E-state index in [4.69, 9.17) is 4.42 Å². The number of carbonyl (C=O) groups is 1. The first-order chi connectivity index (χ1) is 8.84. The van der Waals surface area contributed by atoms with E-state index in [1.165, 1.54) is 32.1 Å². The van der Waals surface area contributed by atoms with Crippen molar-refractivity contribution in [3.05, 3.63) is 24.2 Å². The van der Waals surface area contributed by atoms with Crippen LogP contribution in [0.4, 0.5) is 0 Å². The lowest BCUT2D eigenvalue weighted by Gasteiger charge is -2.22. The number of carbonyl (C=O) groups excluding carboxylic acids is 1. The minimum atomic E-state index is 0.0784. The van der Waals surface area contributed by atoms with E-state index in [0.717, 1.165) is 12.3 Å². The van der Waals surface area contributed by atoms with E-state index in [-0.39, 0.29) is 5.91 Å². The molecule has 0 bridgehead atoms. The Kier molecular flexibility index (Phi) is 5.27. The zero-order chi connectivity index (χ0) is 12.6. The van der Waals surface area contributed by atoms with Crippen molar-refractivity contribution in [2.24, 2.45) is 0 Å². The molecule has 0 radical (unpaired) electrons. The highest BCUT2D eigenvalue weighted by Crippen LogP contribution is 2.17. The molecule has 0 atom stereocenters. The lowest BCUT2D eigenvalue weighted by molar-refractivity contribution is -0.121. The predicted molar refractivity (Wildman–Crippen MR) is 70.0 cm³/mol. The van der Waals surface area contributed by atoms with E-state index in [1.807, 2.05) is 12.1 Å². The van der Waals surface area contributed by atoms with Crippen molar-refractivity contribution in [1.29, 1.82) is 0 Å². The number of amides is 1. The number of nitrogens with one attached hydrogen (secondary N) is 2. The summed E-state index contributed by atoms with van der Waals surface area (Å²) in [5, 5.41) is 6.31. The summed E-state index contributed by atoms with van der Waals surface area (Å²) in [7, 11) is 0. The molecule has 0 aliphatic heterocycles. The van der Waals surface area contributed by atoms with Crippen molar-refractivity contribution in [2.45, 2.75) is 51.1 Å². The van der Waals surface area contributed by atoms with Gasteiger partial charge in [0.2, 0.25) is 5.91 Å². The van der Waals surface area contributed by atoms with Crippen LogP contribution < -0.4 is 10.6 Å². The van der Waals surface area contributed by atoms with E-state index in [9.17, 15) is 4.79 Å². The topological polar surface area (TPSA) is 54.3 Å². The van der Waals surface area contributed by atoms with Crippen LogP contribution in [0.1, 0.15) is 44.3 Å². The van der Waals surface area contributed by atoms with Crippen molar-refractivity contribution in [3.63, 3.8) is 0 Å². The highest BCUT2D eigenvalue weighted by molar-refractivity contribution is 5.75. The zero-order valence-electron chi connectivity index (χ0n) is 10.8. The van der Waals surface area contributed by atoms with Crippen molar-refractivity contribution in [1.82, 2.24) is 10.6 Å². The molecule has 1 aromatic rings. The van der Waals surface area contributed by atoms with Gasteiger partial charge in [0.1, 0.15) is 5.76 Å². The summed E-state index contributed by atoms with van der Waals surface area (Å²) in [6.45, 7) is 1.25. The molecular weight excluding hydrogens is 228 g/mol. The van der Waals surface area contributed by atoms with Gasteiger partial charge in [-0.2, -0.15) is 0 Å². The Morgan fingerprint density at radius 2 is 2.17 bits per heavy atom. The summed E-state index contributed by atoms with van der Waals surface area (Å²) in [6, 6.07) is 4.31. The van der Waals surface area contributed by atoms with E-state index < -0.39 is 0 Å². The number of hydrogen-bond acceptors (Lipinski definition) is 3. The zero-order valence-corrected chi connectivity index (χ0v) is 10.8. The predicted octanol–water partition coefficient (Wildman–Crippen LogP) is 2.21. The highest BCUT2D eigenvalue weighted by Gasteiger charge is 2.12. The summed E-state index contributed by atoms with van der Waals surface area (Å²) < 4.78 is 5.15. The molecule has 0 spiro atoms. The Balaban J connectivity index is 1.54. The lowest BCUT2D eigenvalue weighted by Crippen LogP contribution is -2.34. The first-order valence-electron chi connectivity index (χ1n) is 6.87. The second-order valence-corrected chi connectivity index (χ2v) is 4.90. The second kappa shape index (κ2) is 7.21. The van der Waals surface area contributed by atoms with Gasteiger partial charge in [-0.3, -0.25) is 4.79 Å². The van der Waals surface area contributed by atoms with E-state index in [1.54, 1.807) is 6.26 Å². The van der Waals surface area contributed by atoms with Crippen LogP contribution in [0.25, 0.3) is 0 Å². The van der Waals surface area contributed by atoms with Crippen LogP contribution in [0.5, 0.6) is 0 Å². The molecule has 1 aliphatic carbocycles. The molecule has 1 aromatic heterocycles. The molecule has 1 aliphatic rings. The number of hydrogen-bond donors (Lipinski definition) is 2. The van der Waals surface area contributed by atoms with Gasteiger partial charge < -0.3 is 15.1 Å². The fraction of sp³-hybridized carbons (Fsp3) is 0.643. The van der Waals surface area contributed by atoms with Gasteiger partial charge in [0.25, 0.3) is 0 Å². The van der Waals surface area contributed by atoms with Crippen LogP contribution >= 0.6 is 0 Å². The maximum atomic E-state index is 11.6. The van der Waals surface area contributed by atoms with Gasteiger partial charge in [0.15, 0.2) is 0 Å². The third kappa shape index (κ3) is 4.53. The van der Waals surface area contributed by atoms with Gasteiger partial charge in [-0.25, -0.2) is 0 Å². The molecule has 4 heteroatoms. The lowest BCUT2D eigenvalue weighted by atomic mass is 9.95. The highest BCUT2D eigenvalue weighted by atomic mass is 16.3. The Morgan fingerprint density at radius 1 is 1.33 bits per heavy atom. The minimum absolute atomic E-state index is 0.0784. The van der Waals surface area contributed by atoms with Gasteiger partial charge in [-0.15, -0.1) is 0 Å². The molecular formula is C14H22N2O2. The quantitative estimate of drug-likeness (QED) is 0.814. The Hall–Kier alpha value is -1.29. The maximum absolute atomic E-state index is 11.6. The molecule has 1 heterocycles. The molecule has 18 heavy (non-hydrogen) atoms. The fourth-order valence-corrected chi connectivity index (χ4v) is 2.38. The average Bonchev–Trinajstić information content (AvgIpc) is 2.91. The summed E-state index contributed by atoms with van der Waals surface area (Å²) in [5.74, 6) is 0.873. The largest absolute Gasteiger partial charge is 0.467 e. The average molecular weight is 250 g/mol. The first-order valence-corrected chi connectivity index (χ1v) is 6.87. The Labute approximate surface area is 108 Å². The molecule has 4 nitrogen and oxygen atoms in total. The maximum Gasteiger partial charge on any atom is 0.221 e. The molecule has 1 amide bonds. The third-order valence-electron chi connectivity index (χ3n) is 3.43. The molecule has 0 unspecified atom stereocenters. The van der Waals surface area contributed by atoms with Gasteiger partial charge in [-0.1, -0.05) is 19.3 Å². The molecule has 0 saturated heterocycles. The van der Waals surface area contributed by atoms with E-state index >= 15 is 0 Å².